The standard InChI is InChI=1S/C11H17FN2O/c1-3-4-5-14-10-7-11(15-2)8(12)6-9(10)13/h6-7,14H,3-5,13H2,1-2H3. The van der Waals surface area contributed by atoms with Crippen LogP contribution in [0.25, 0.3) is 0 Å². The molecule has 0 aliphatic rings. The lowest BCUT2D eigenvalue weighted by atomic mass is 10.2. The average Bonchev–Trinajstić information content (AvgIpc) is 2.21. The highest BCUT2D eigenvalue weighted by atomic mass is 19.1. The van der Waals surface area contributed by atoms with Crippen molar-refractivity contribution < 1.29 is 9.13 Å². The lowest BCUT2D eigenvalue weighted by Gasteiger charge is -2.11. The van der Waals surface area contributed by atoms with E-state index in [1.165, 1.54) is 13.2 Å². The summed E-state index contributed by atoms with van der Waals surface area (Å²) in [6.45, 7) is 2.94. The molecular formula is C11H17FN2O. The lowest BCUT2D eigenvalue weighted by molar-refractivity contribution is 0.387. The summed E-state index contributed by atoms with van der Waals surface area (Å²) in [6.07, 6.45) is 2.16. The van der Waals surface area contributed by atoms with Gasteiger partial charge in [0.2, 0.25) is 0 Å². The first-order valence-electron chi connectivity index (χ1n) is 5.06. The van der Waals surface area contributed by atoms with Crippen LogP contribution in [0.4, 0.5) is 15.8 Å². The van der Waals surface area contributed by atoms with Gasteiger partial charge in [-0.1, -0.05) is 13.3 Å². The molecule has 0 radical (unpaired) electrons. The van der Waals surface area contributed by atoms with E-state index in [-0.39, 0.29) is 5.75 Å². The van der Waals surface area contributed by atoms with Gasteiger partial charge in [0.1, 0.15) is 0 Å². The minimum absolute atomic E-state index is 0.211. The minimum Gasteiger partial charge on any atom is -0.494 e. The van der Waals surface area contributed by atoms with Crippen LogP contribution < -0.4 is 15.8 Å². The van der Waals surface area contributed by atoms with Crippen molar-refractivity contribution in [3.63, 3.8) is 0 Å². The van der Waals surface area contributed by atoms with Crippen molar-refractivity contribution in [3.05, 3.63) is 17.9 Å². The van der Waals surface area contributed by atoms with E-state index in [0.29, 0.717) is 5.69 Å². The van der Waals surface area contributed by atoms with Crippen molar-refractivity contribution in [3.8, 4) is 5.75 Å². The Kier molecular flexibility index (Phi) is 4.21. The summed E-state index contributed by atoms with van der Waals surface area (Å²) in [5, 5.41) is 3.14. The highest BCUT2D eigenvalue weighted by molar-refractivity contribution is 5.68. The Labute approximate surface area is 89.4 Å². The number of unbranched alkanes of at least 4 members (excludes halogenated alkanes) is 1. The summed E-state index contributed by atoms with van der Waals surface area (Å²) in [6, 6.07) is 2.85. The van der Waals surface area contributed by atoms with E-state index in [4.69, 9.17) is 10.5 Å². The highest BCUT2D eigenvalue weighted by Gasteiger charge is 2.07. The molecule has 15 heavy (non-hydrogen) atoms. The monoisotopic (exact) mass is 212 g/mol. The Bertz CT molecular complexity index is 329. The third-order valence-corrected chi connectivity index (χ3v) is 2.17. The molecule has 0 saturated heterocycles. The molecule has 1 aromatic carbocycles. The van der Waals surface area contributed by atoms with Gasteiger partial charge in [0.05, 0.1) is 18.5 Å². The SMILES string of the molecule is CCCCNc1cc(OC)c(F)cc1N. The van der Waals surface area contributed by atoms with E-state index in [1.54, 1.807) is 6.07 Å². The van der Waals surface area contributed by atoms with E-state index in [1.807, 2.05) is 0 Å². The fourth-order valence-electron chi connectivity index (χ4n) is 1.28. The van der Waals surface area contributed by atoms with Gasteiger partial charge in [0.15, 0.2) is 11.6 Å². The molecule has 0 spiro atoms. The highest BCUT2D eigenvalue weighted by Crippen LogP contribution is 2.27. The van der Waals surface area contributed by atoms with Gasteiger partial charge in [0, 0.05) is 18.7 Å². The van der Waals surface area contributed by atoms with Crippen LogP contribution in [0, 0.1) is 5.82 Å². The van der Waals surface area contributed by atoms with Crippen LogP contribution in [0.1, 0.15) is 19.8 Å². The van der Waals surface area contributed by atoms with Crippen molar-refractivity contribution in [1.82, 2.24) is 0 Å². The number of ether oxygens (including phenoxy) is 1. The molecule has 0 bridgehead atoms. The summed E-state index contributed by atoms with van der Waals surface area (Å²) < 4.78 is 18.1. The maximum Gasteiger partial charge on any atom is 0.167 e. The summed E-state index contributed by atoms with van der Waals surface area (Å²) in [5.41, 5.74) is 6.80. The molecule has 3 N–H and O–H groups in total. The number of halogens is 1. The number of anilines is 2. The molecule has 0 aliphatic heterocycles. The van der Waals surface area contributed by atoms with Gasteiger partial charge in [-0.2, -0.15) is 0 Å². The number of methoxy groups -OCH3 is 1. The zero-order chi connectivity index (χ0) is 11.3. The molecule has 1 aromatic rings. The van der Waals surface area contributed by atoms with Gasteiger partial charge in [-0.15, -0.1) is 0 Å². The Morgan fingerprint density at radius 3 is 2.80 bits per heavy atom. The zero-order valence-corrected chi connectivity index (χ0v) is 9.14. The van der Waals surface area contributed by atoms with Crippen molar-refractivity contribution >= 4 is 11.4 Å². The Hall–Kier alpha value is -1.45. The molecule has 0 saturated carbocycles. The van der Waals surface area contributed by atoms with Crippen LogP contribution in [0.3, 0.4) is 0 Å². The molecule has 0 fully saturated rings. The largest absolute Gasteiger partial charge is 0.494 e. The molecule has 3 nitrogen and oxygen atoms in total. The van der Waals surface area contributed by atoms with Crippen LogP contribution in [0.2, 0.25) is 0 Å². The number of nitrogens with two attached hydrogens (primary N) is 1. The third-order valence-electron chi connectivity index (χ3n) is 2.17. The molecule has 4 heteroatoms. The van der Waals surface area contributed by atoms with E-state index in [2.05, 4.69) is 12.2 Å². The first-order valence-corrected chi connectivity index (χ1v) is 5.06. The zero-order valence-electron chi connectivity index (χ0n) is 9.14. The molecule has 0 aliphatic carbocycles. The number of rotatable bonds is 5. The maximum absolute atomic E-state index is 13.2. The fraction of sp³-hybridized carbons (Fsp3) is 0.455. The first-order chi connectivity index (χ1) is 7.19. The fourth-order valence-corrected chi connectivity index (χ4v) is 1.28. The van der Waals surface area contributed by atoms with Gasteiger partial charge < -0.3 is 15.8 Å². The van der Waals surface area contributed by atoms with Crippen molar-refractivity contribution in [1.29, 1.82) is 0 Å². The van der Waals surface area contributed by atoms with Gasteiger partial charge >= 0.3 is 0 Å². The smallest absolute Gasteiger partial charge is 0.167 e. The molecule has 0 amide bonds. The first kappa shape index (κ1) is 11.6. The quantitative estimate of drug-likeness (QED) is 0.582. The average molecular weight is 212 g/mol. The molecule has 1 rings (SSSR count). The predicted molar refractivity (Wildman–Crippen MR) is 60.8 cm³/mol. The Morgan fingerprint density at radius 1 is 1.47 bits per heavy atom. The van der Waals surface area contributed by atoms with E-state index >= 15 is 0 Å². The van der Waals surface area contributed by atoms with Gasteiger partial charge in [-0.25, -0.2) is 4.39 Å². The number of hydrogen-bond donors (Lipinski definition) is 2. The lowest BCUT2D eigenvalue weighted by Crippen LogP contribution is -2.05. The minimum atomic E-state index is -0.434. The topological polar surface area (TPSA) is 47.3 Å². The Morgan fingerprint density at radius 2 is 2.20 bits per heavy atom. The number of benzene rings is 1. The second-order valence-corrected chi connectivity index (χ2v) is 3.35. The normalized spacial score (nSPS) is 10.1. The number of nitrogens with one attached hydrogen (secondary N) is 1. The maximum atomic E-state index is 13.2. The predicted octanol–water partition coefficient (Wildman–Crippen LogP) is 2.63. The van der Waals surface area contributed by atoms with E-state index in [0.717, 1.165) is 25.1 Å². The Balaban J connectivity index is 2.78. The summed E-state index contributed by atoms with van der Waals surface area (Å²) >= 11 is 0. The molecular weight excluding hydrogens is 195 g/mol. The van der Waals surface area contributed by atoms with Crippen LogP contribution in [0.5, 0.6) is 5.75 Å². The molecule has 84 valence electrons. The van der Waals surface area contributed by atoms with Crippen molar-refractivity contribution in [2.45, 2.75) is 19.8 Å². The number of hydrogen-bond acceptors (Lipinski definition) is 3. The van der Waals surface area contributed by atoms with E-state index < -0.39 is 5.82 Å². The second kappa shape index (κ2) is 5.44. The van der Waals surface area contributed by atoms with Crippen LogP contribution >= 0.6 is 0 Å². The number of nitrogen functional groups attached to an aromatic ring is 1. The van der Waals surface area contributed by atoms with E-state index in [9.17, 15) is 4.39 Å². The van der Waals surface area contributed by atoms with Crippen LogP contribution in [0.15, 0.2) is 12.1 Å². The molecule has 0 heterocycles. The van der Waals surface area contributed by atoms with Gasteiger partial charge in [-0.05, 0) is 6.42 Å². The van der Waals surface area contributed by atoms with Crippen LogP contribution in [-0.2, 0) is 0 Å². The van der Waals surface area contributed by atoms with Crippen molar-refractivity contribution in [2.75, 3.05) is 24.7 Å². The van der Waals surface area contributed by atoms with Crippen LogP contribution in [-0.4, -0.2) is 13.7 Å². The second-order valence-electron chi connectivity index (χ2n) is 3.35. The summed E-state index contributed by atoms with van der Waals surface area (Å²) in [4.78, 5) is 0. The summed E-state index contributed by atoms with van der Waals surface area (Å²) in [7, 11) is 1.43. The molecule has 0 aromatic heterocycles. The van der Waals surface area contributed by atoms with Crippen molar-refractivity contribution in [2.24, 2.45) is 0 Å². The third kappa shape index (κ3) is 3.01. The molecule has 0 unspecified atom stereocenters. The summed E-state index contributed by atoms with van der Waals surface area (Å²) in [5.74, 6) is -0.223. The van der Waals surface area contributed by atoms with Gasteiger partial charge in [-0.3, -0.25) is 0 Å². The van der Waals surface area contributed by atoms with Gasteiger partial charge in [0.25, 0.3) is 0 Å². The molecule has 0 atom stereocenters.